The van der Waals surface area contributed by atoms with Gasteiger partial charge in [0.15, 0.2) is 5.13 Å². The standard InChI is InChI=1S/C12H10N4OS/c1-7-6-18-12(14-7)16-11(17)10-4-3-9(5-13)8(2)15-10/h3-4,6H,1-2H3,(H,14,16,17). The molecule has 0 aliphatic rings. The molecule has 0 atom stereocenters. The highest BCUT2D eigenvalue weighted by molar-refractivity contribution is 7.13. The highest BCUT2D eigenvalue weighted by Gasteiger charge is 2.11. The minimum absolute atomic E-state index is 0.277. The van der Waals surface area contributed by atoms with E-state index in [2.05, 4.69) is 15.3 Å². The number of hydrogen-bond acceptors (Lipinski definition) is 5. The van der Waals surface area contributed by atoms with Crippen LogP contribution >= 0.6 is 11.3 Å². The third kappa shape index (κ3) is 2.52. The van der Waals surface area contributed by atoms with Gasteiger partial charge in [0.1, 0.15) is 11.8 Å². The number of aromatic nitrogens is 2. The first-order valence-corrected chi connectivity index (χ1v) is 6.09. The van der Waals surface area contributed by atoms with Crippen LogP contribution in [0.4, 0.5) is 5.13 Å². The summed E-state index contributed by atoms with van der Waals surface area (Å²) in [4.78, 5) is 20.1. The van der Waals surface area contributed by atoms with Gasteiger partial charge in [-0.15, -0.1) is 11.3 Å². The molecule has 1 N–H and O–H groups in total. The summed E-state index contributed by atoms with van der Waals surface area (Å²) in [6.07, 6.45) is 0. The second-order valence-electron chi connectivity index (χ2n) is 3.69. The fourth-order valence-corrected chi connectivity index (χ4v) is 2.06. The van der Waals surface area contributed by atoms with E-state index in [-0.39, 0.29) is 11.6 Å². The normalized spacial score (nSPS) is 9.83. The molecule has 0 aliphatic heterocycles. The van der Waals surface area contributed by atoms with Gasteiger partial charge in [-0.25, -0.2) is 9.97 Å². The van der Waals surface area contributed by atoms with Crippen molar-refractivity contribution >= 4 is 22.4 Å². The lowest BCUT2D eigenvalue weighted by molar-refractivity contribution is 0.102. The second-order valence-corrected chi connectivity index (χ2v) is 4.55. The van der Waals surface area contributed by atoms with Gasteiger partial charge in [0.05, 0.1) is 17.0 Å². The zero-order chi connectivity index (χ0) is 13.1. The lowest BCUT2D eigenvalue weighted by Gasteiger charge is -2.02. The fourth-order valence-electron chi connectivity index (χ4n) is 1.38. The maximum absolute atomic E-state index is 11.9. The number of pyridine rings is 1. The van der Waals surface area contributed by atoms with Gasteiger partial charge < -0.3 is 0 Å². The van der Waals surface area contributed by atoms with Crippen LogP contribution in [-0.4, -0.2) is 15.9 Å². The summed E-state index contributed by atoms with van der Waals surface area (Å²) >= 11 is 1.36. The number of aryl methyl sites for hydroxylation is 2. The van der Waals surface area contributed by atoms with E-state index in [4.69, 9.17) is 5.26 Å². The van der Waals surface area contributed by atoms with E-state index < -0.39 is 0 Å². The zero-order valence-corrected chi connectivity index (χ0v) is 10.7. The first-order valence-electron chi connectivity index (χ1n) is 5.21. The van der Waals surface area contributed by atoms with Gasteiger partial charge >= 0.3 is 0 Å². The molecule has 0 spiro atoms. The lowest BCUT2D eigenvalue weighted by Crippen LogP contribution is -2.14. The molecule has 6 heteroatoms. The van der Waals surface area contributed by atoms with E-state index in [0.717, 1.165) is 5.69 Å². The minimum atomic E-state index is -0.322. The molecule has 18 heavy (non-hydrogen) atoms. The Morgan fingerprint density at radius 2 is 2.17 bits per heavy atom. The maximum Gasteiger partial charge on any atom is 0.276 e. The van der Waals surface area contributed by atoms with Gasteiger partial charge in [0.2, 0.25) is 0 Å². The van der Waals surface area contributed by atoms with Crippen LogP contribution in [0.25, 0.3) is 0 Å². The van der Waals surface area contributed by atoms with Gasteiger partial charge in [-0.2, -0.15) is 5.26 Å². The number of carbonyl (C=O) groups is 1. The van der Waals surface area contributed by atoms with E-state index >= 15 is 0 Å². The Balaban J connectivity index is 2.19. The van der Waals surface area contributed by atoms with Crippen LogP contribution in [0.1, 0.15) is 27.4 Å². The van der Waals surface area contributed by atoms with Crippen molar-refractivity contribution in [2.75, 3.05) is 5.32 Å². The highest BCUT2D eigenvalue weighted by Crippen LogP contribution is 2.15. The fraction of sp³-hybridized carbons (Fsp3) is 0.167. The Morgan fingerprint density at radius 3 is 2.72 bits per heavy atom. The average Bonchev–Trinajstić information content (AvgIpc) is 2.74. The Bertz CT molecular complexity index is 642. The third-order valence-electron chi connectivity index (χ3n) is 2.28. The predicted molar refractivity (Wildman–Crippen MR) is 68.5 cm³/mol. The molecule has 5 nitrogen and oxygen atoms in total. The number of rotatable bonds is 2. The summed E-state index contributed by atoms with van der Waals surface area (Å²) in [7, 11) is 0. The number of hydrogen-bond donors (Lipinski definition) is 1. The largest absolute Gasteiger partial charge is 0.296 e. The molecule has 0 radical (unpaired) electrons. The summed E-state index contributed by atoms with van der Waals surface area (Å²) in [5, 5.41) is 13.9. The van der Waals surface area contributed by atoms with Gasteiger partial charge in [0, 0.05) is 5.38 Å². The number of nitriles is 1. The SMILES string of the molecule is Cc1csc(NC(=O)c2ccc(C#N)c(C)n2)n1. The molecule has 0 fully saturated rings. The number of anilines is 1. The van der Waals surface area contributed by atoms with E-state index in [0.29, 0.717) is 16.4 Å². The molecule has 2 aromatic heterocycles. The molecule has 0 unspecified atom stereocenters. The van der Waals surface area contributed by atoms with Gasteiger partial charge in [-0.05, 0) is 26.0 Å². The molecule has 2 aromatic rings. The number of thiazole rings is 1. The van der Waals surface area contributed by atoms with Crippen molar-refractivity contribution in [3.63, 3.8) is 0 Å². The number of nitrogens with zero attached hydrogens (tertiary/aromatic N) is 3. The van der Waals surface area contributed by atoms with Gasteiger partial charge in [-0.1, -0.05) is 0 Å². The third-order valence-corrected chi connectivity index (χ3v) is 3.15. The monoisotopic (exact) mass is 258 g/mol. The summed E-state index contributed by atoms with van der Waals surface area (Å²) in [5.74, 6) is -0.322. The Labute approximate surface area is 108 Å². The molecular formula is C12H10N4OS. The average molecular weight is 258 g/mol. The molecule has 0 aliphatic carbocycles. The Hall–Kier alpha value is -2.26. The zero-order valence-electron chi connectivity index (χ0n) is 9.89. The molecule has 0 bridgehead atoms. The Kier molecular flexibility index (Phi) is 3.35. The van der Waals surface area contributed by atoms with E-state index in [1.54, 1.807) is 13.0 Å². The summed E-state index contributed by atoms with van der Waals surface area (Å²) in [6.45, 7) is 3.55. The van der Waals surface area contributed by atoms with Crippen molar-refractivity contribution < 1.29 is 4.79 Å². The van der Waals surface area contributed by atoms with Crippen molar-refractivity contribution in [1.29, 1.82) is 5.26 Å². The molecule has 2 heterocycles. The van der Waals surface area contributed by atoms with Crippen molar-refractivity contribution in [2.24, 2.45) is 0 Å². The quantitative estimate of drug-likeness (QED) is 0.896. The summed E-state index contributed by atoms with van der Waals surface area (Å²) in [5.41, 5.74) is 2.15. The highest BCUT2D eigenvalue weighted by atomic mass is 32.1. The molecule has 0 saturated carbocycles. The lowest BCUT2D eigenvalue weighted by atomic mass is 10.2. The molecule has 0 aromatic carbocycles. The maximum atomic E-state index is 11.9. The Morgan fingerprint density at radius 1 is 1.39 bits per heavy atom. The van der Waals surface area contributed by atoms with Crippen molar-refractivity contribution in [3.05, 3.63) is 40.2 Å². The van der Waals surface area contributed by atoms with Crippen molar-refractivity contribution in [2.45, 2.75) is 13.8 Å². The topological polar surface area (TPSA) is 78.7 Å². The van der Waals surface area contributed by atoms with Crippen LogP contribution in [-0.2, 0) is 0 Å². The van der Waals surface area contributed by atoms with Crippen molar-refractivity contribution in [3.8, 4) is 6.07 Å². The number of nitrogens with one attached hydrogen (secondary N) is 1. The number of carbonyl (C=O) groups excluding carboxylic acids is 1. The van der Waals surface area contributed by atoms with Crippen LogP contribution in [0, 0.1) is 25.2 Å². The summed E-state index contributed by atoms with van der Waals surface area (Å²) < 4.78 is 0. The van der Waals surface area contributed by atoms with Crippen LogP contribution in [0.5, 0.6) is 0 Å². The first kappa shape index (κ1) is 12.2. The molecule has 2 rings (SSSR count). The van der Waals surface area contributed by atoms with E-state index in [9.17, 15) is 4.79 Å². The molecule has 0 saturated heterocycles. The van der Waals surface area contributed by atoms with Crippen LogP contribution in [0.2, 0.25) is 0 Å². The minimum Gasteiger partial charge on any atom is -0.296 e. The van der Waals surface area contributed by atoms with Crippen molar-refractivity contribution in [1.82, 2.24) is 9.97 Å². The van der Waals surface area contributed by atoms with Crippen LogP contribution < -0.4 is 5.32 Å². The molecule has 1 amide bonds. The van der Waals surface area contributed by atoms with Crippen LogP contribution in [0.15, 0.2) is 17.5 Å². The smallest absolute Gasteiger partial charge is 0.276 e. The summed E-state index contributed by atoms with van der Waals surface area (Å²) in [6, 6.07) is 5.13. The van der Waals surface area contributed by atoms with E-state index in [1.807, 2.05) is 18.4 Å². The molecular weight excluding hydrogens is 248 g/mol. The van der Waals surface area contributed by atoms with Crippen LogP contribution in [0.3, 0.4) is 0 Å². The first-order chi connectivity index (χ1) is 8.60. The van der Waals surface area contributed by atoms with Gasteiger partial charge in [-0.3, -0.25) is 10.1 Å². The van der Waals surface area contributed by atoms with Gasteiger partial charge in [0.25, 0.3) is 5.91 Å². The number of amides is 1. The second kappa shape index (κ2) is 4.94. The predicted octanol–water partition coefficient (Wildman–Crippen LogP) is 2.28. The molecule has 90 valence electrons. The van der Waals surface area contributed by atoms with E-state index in [1.165, 1.54) is 17.4 Å².